The zero-order valence-electron chi connectivity index (χ0n) is 12.2. The summed E-state index contributed by atoms with van der Waals surface area (Å²) in [6, 6.07) is -0.571. The van der Waals surface area contributed by atoms with Crippen molar-refractivity contribution < 1.29 is 19.1 Å². The second kappa shape index (κ2) is 8.15. The summed E-state index contributed by atoms with van der Waals surface area (Å²) in [6.07, 6.45) is 5.00. The van der Waals surface area contributed by atoms with E-state index in [0.29, 0.717) is 19.6 Å². The Labute approximate surface area is 115 Å². The van der Waals surface area contributed by atoms with Gasteiger partial charge in [0, 0.05) is 6.54 Å². The van der Waals surface area contributed by atoms with Crippen LogP contribution in [0.2, 0.25) is 0 Å². The molecule has 0 bridgehead atoms. The molecule has 0 aromatic rings. The number of carbonyl (C=O) groups excluding carboxylic acids is 2. The van der Waals surface area contributed by atoms with Gasteiger partial charge in [0.1, 0.15) is 12.1 Å². The summed E-state index contributed by atoms with van der Waals surface area (Å²) in [6.45, 7) is 5.14. The Kier molecular flexibility index (Phi) is 6.84. The molecule has 1 saturated heterocycles. The summed E-state index contributed by atoms with van der Waals surface area (Å²) in [4.78, 5) is 25.1. The van der Waals surface area contributed by atoms with Gasteiger partial charge in [0.25, 0.3) is 0 Å². The summed E-state index contributed by atoms with van der Waals surface area (Å²) < 4.78 is 9.94. The van der Waals surface area contributed by atoms with Crippen molar-refractivity contribution >= 4 is 11.9 Å². The van der Waals surface area contributed by atoms with E-state index < -0.39 is 0 Å². The van der Waals surface area contributed by atoms with Crippen LogP contribution in [0, 0.1) is 0 Å². The zero-order valence-corrected chi connectivity index (χ0v) is 12.2. The van der Waals surface area contributed by atoms with Crippen molar-refractivity contribution in [1.29, 1.82) is 0 Å². The molecule has 1 heterocycles. The molecule has 3 atom stereocenters. The molecule has 0 amide bonds. The third-order valence-electron chi connectivity index (χ3n) is 3.43. The van der Waals surface area contributed by atoms with Crippen molar-refractivity contribution in [3.63, 3.8) is 0 Å². The molecule has 0 saturated carbocycles. The Morgan fingerprint density at radius 2 is 2.00 bits per heavy atom. The number of hydrogen-bond acceptors (Lipinski definition) is 5. The number of nitrogens with zero attached hydrogens (tertiary/aromatic N) is 1. The molecule has 1 fully saturated rings. The molecule has 0 aromatic carbocycles. The van der Waals surface area contributed by atoms with E-state index in [1.165, 1.54) is 20.0 Å². The molecule has 1 unspecified atom stereocenters. The van der Waals surface area contributed by atoms with Crippen molar-refractivity contribution in [2.24, 2.45) is 0 Å². The van der Waals surface area contributed by atoms with Gasteiger partial charge in [-0.05, 0) is 12.8 Å². The maximum atomic E-state index is 11.8. The minimum Gasteiger partial charge on any atom is -0.468 e. The second-order valence-corrected chi connectivity index (χ2v) is 4.89. The van der Waals surface area contributed by atoms with Gasteiger partial charge in [-0.3, -0.25) is 14.5 Å². The van der Waals surface area contributed by atoms with Crippen LogP contribution in [-0.2, 0) is 19.1 Å². The Bertz CT molecular complexity index is 306. The smallest absolute Gasteiger partial charge is 0.324 e. The molecular weight excluding hydrogens is 246 g/mol. The van der Waals surface area contributed by atoms with Crippen molar-refractivity contribution in [3.05, 3.63) is 0 Å². The summed E-state index contributed by atoms with van der Waals surface area (Å²) >= 11 is 0. The second-order valence-electron chi connectivity index (χ2n) is 4.89. The number of hydrogen-bond donors (Lipinski definition) is 0. The molecule has 0 spiro atoms. The van der Waals surface area contributed by atoms with E-state index in [1.54, 1.807) is 0 Å². The summed E-state index contributed by atoms with van der Waals surface area (Å²) in [7, 11) is 1.37. The summed E-state index contributed by atoms with van der Waals surface area (Å²) in [5, 5.41) is 0. The Hall–Kier alpha value is -1.10. The first-order valence-electron chi connectivity index (χ1n) is 7.15. The fourth-order valence-corrected chi connectivity index (χ4v) is 2.18. The molecule has 5 heteroatoms. The van der Waals surface area contributed by atoms with Gasteiger partial charge in [0.15, 0.2) is 0 Å². The predicted octanol–water partition coefficient (Wildman–Crippen LogP) is 1.75. The monoisotopic (exact) mass is 271 g/mol. The molecule has 19 heavy (non-hydrogen) atoms. The topological polar surface area (TPSA) is 55.6 Å². The van der Waals surface area contributed by atoms with Gasteiger partial charge in [-0.1, -0.05) is 33.1 Å². The number of methoxy groups -OCH3 is 1. The lowest BCUT2D eigenvalue weighted by atomic mass is 10.2. The Balaban J connectivity index is 2.23. The lowest BCUT2D eigenvalue weighted by molar-refractivity contribution is -0.147. The highest BCUT2D eigenvalue weighted by atomic mass is 16.5. The third kappa shape index (κ3) is 4.82. The van der Waals surface area contributed by atoms with Crippen LogP contribution in [0.25, 0.3) is 0 Å². The molecule has 1 rings (SSSR count). The van der Waals surface area contributed by atoms with Crippen LogP contribution in [-0.4, -0.2) is 49.2 Å². The SMILES string of the molecule is CCCCCCOC(=O)[C@H]1CN1[C@@H](CC)C(=O)OC. The summed E-state index contributed by atoms with van der Waals surface area (Å²) in [5.41, 5.74) is 0. The third-order valence-corrected chi connectivity index (χ3v) is 3.43. The molecule has 0 radical (unpaired) electrons. The standard InChI is InChI=1S/C14H25NO4/c1-4-6-7-8-9-19-14(17)12-10-15(12)11(5-2)13(16)18-3/h11-12H,4-10H2,1-3H3/t11-,12+,15?/m0/s1. The van der Waals surface area contributed by atoms with Crippen LogP contribution >= 0.6 is 0 Å². The number of carbonyl (C=O) groups is 2. The van der Waals surface area contributed by atoms with Gasteiger partial charge >= 0.3 is 11.9 Å². The zero-order chi connectivity index (χ0) is 14.3. The van der Waals surface area contributed by atoms with Crippen LogP contribution in [0.5, 0.6) is 0 Å². The van der Waals surface area contributed by atoms with Crippen LogP contribution < -0.4 is 0 Å². The van der Waals surface area contributed by atoms with E-state index in [0.717, 1.165) is 12.8 Å². The lowest BCUT2D eigenvalue weighted by Crippen LogP contribution is -2.32. The van der Waals surface area contributed by atoms with Gasteiger partial charge in [-0.2, -0.15) is 0 Å². The highest BCUT2D eigenvalue weighted by molar-refractivity contribution is 5.82. The summed E-state index contributed by atoms with van der Waals surface area (Å²) in [5.74, 6) is -0.486. The maximum absolute atomic E-state index is 11.8. The van der Waals surface area contributed by atoms with Crippen molar-refractivity contribution in [2.45, 2.75) is 58.0 Å². The normalized spacial score (nSPS) is 22.7. The van der Waals surface area contributed by atoms with Crippen molar-refractivity contribution in [3.8, 4) is 0 Å². The number of rotatable bonds is 9. The number of esters is 2. The fraction of sp³-hybridized carbons (Fsp3) is 0.857. The first kappa shape index (κ1) is 16.0. The van der Waals surface area contributed by atoms with Crippen molar-refractivity contribution in [1.82, 2.24) is 4.90 Å². The van der Waals surface area contributed by atoms with Crippen molar-refractivity contribution in [2.75, 3.05) is 20.3 Å². The fourth-order valence-electron chi connectivity index (χ4n) is 2.18. The molecule has 1 aliphatic heterocycles. The van der Waals surface area contributed by atoms with Gasteiger partial charge in [0.05, 0.1) is 13.7 Å². The van der Waals surface area contributed by atoms with E-state index in [2.05, 4.69) is 6.92 Å². The molecule has 110 valence electrons. The highest BCUT2D eigenvalue weighted by Crippen LogP contribution is 2.25. The largest absolute Gasteiger partial charge is 0.468 e. The molecule has 1 aliphatic rings. The van der Waals surface area contributed by atoms with E-state index in [9.17, 15) is 9.59 Å². The molecule has 0 aromatic heterocycles. The Morgan fingerprint density at radius 1 is 1.26 bits per heavy atom. The van der Waals surface area contributed by atoms with Crippen LogP contribution in [0.15, 0.2) is 0 Å². The minimum atomic E-state index is -0.317. The highest BCUT2D eigenvalue weighted by Gasteiger charge is 2.48. The van der Waals surface area contributed by atoms with Gasteiger partial charge in [-0.25, -0.2) is 0 Å². The number of unbranched alkanes of at least 4 members (excludes halogenated alkanes) is 3. The average molecular weight is 271 g/mol. The lowest BCUT2D eigenvalue weighted by Gasteiger charge is -2.14. The average Bonchev–Trinajstić information content (AvgIpc) is 3.19. The molecule has 0 aliphatic carbocycles. The minimum absolute atomic E-state index is 0.209. The van der Waals surface area contributed by atoms with Crippen LogP contribution in [0.1, 0.15) is 46.0 Å². The first-order chi connectivity index (χ1) is 9.15. The molecular formula is C14H25NO4. The van der Waals surface area contributed by atoms with Gasteiger partial charge in [0.2, 0.25) is 0 Å². The van der Waals surface area contributed by atoms with Crippen LogP contribution in [0.4, 0.5) is 0 Å². The van der Waals surface area contributed by atoms with E-state index >= 15 is 0 Å². The molecule has 5 nitrogen and oxygen atoms in total. The quantitative estimate of drug-likeness (QED) is 0.363. The van der Waals surface area contributed by atoms with E-state index in [1.807, 2.05) is 11.8 Å². The van der Waals surface area contributed by atoms with Crippen LogP contribution in [0.3, 0.4) is 0 Å². The first-order valence-corrected chi connectivity index (χ1v) is 7.15. The maximum Gasteiger partial charge on any atom is 0.324 e. The van der Waals surface area contributed by atoms with E-state index in [4.69, 9.17) is 9.47 Å². The van der Waals surface area contributed by atoms with Gasteiger partial charge in [-0.15, -0.1) is 0 Å². The predicted molar refractivity (Wildman–Crippen MR) is 71.7 cm³/mol. The Morgan fingerprint density at radius 3 is 2.58 bits per heavy atom. The van der Waals surface area contributed by atoms with Gasteiger partial charge < -0.3 is 9.47 Å². The van der Waals surface area contributed by atoms with E-state index in [-0.39, 0.29) is 24.0 Å². The molecule has 0 N–H and O–H groups in total. The number of ether oxygens (including phenoxy) is 2.